The van der Waals surface area contributed by atoms with Gasteiger partial charge in [-0.2, -0.15) is 0 Å². The zero-order valence-corrected chi connectivity index (χ0v) is 15.2. The minimum atomic E-state index is -1.91. The lowest BCUT2D eigenvalue weighted by molar-refractivity contribution is -0.177. The van der Waals surface area contributed by atoms with Gasteiger partial charge in [-0.1, -0.05) is 54.6 Å². The molecule has 5 rings (SSSR count). The summed E-state index contributed by atoms with van der Waals surface area (Å²) in [5, 5.41) is 11.5. The minimum Gasteiger partial charge on any atom is -0.458 e. The van der Waals surface area contributed by atoms with Crippen LogP contribution in [0.25, 0.3) is 0 Å². The molecule has 3 aliphatic heterocycles. The SMILES string of the molecule is O=C(O[C@H]1CN2CCC1CC2)[C@@](O)(c1ccccc1)c1ccc(CF)cc1. The quantitative estimate of drug-likeness (QED) is 0.823. The first-order chi connectivity index (χ1) is 13.1. The van der Waals surface area contributed by atoms with E-state index < -0.39 is 18.2 Å². The van der Waals surface area contributed by atoms with E-state index in [9.17, 15) is 14.3 Å². The van der Waals surface area contributed by atoms with Gasteiger partial charge in [-0.3, -0.25) is 4.90 Å². The fourth-order valence-corrected chi connectivity index (χ4v) is 4.18. The molecule has 0 spiro atoms. The number of aliphatic hydroxyl groups is 1. The van der Waals surface area contributed by atoms with Crippen LogP contribution in [0.2, 0.25) is 0 Å². The fourth-order valence-electron chi connectivity index (χ4n) is 4.18. The second kappa shape index (κ2) is 7.41. The van der Waals surface area contributed by atoms with Crippen molar-refractivity contribution in [3.8, 4) is 0 Å². The summed E-state index contributed by atoms with van der Waals surface area (Å²) in [7, 11) is 0. The van der Waals surface area contributed by atoms with Crippen LogP contribution in [0.5, 0.6) is 0 Å². The molecule has 0 unspecified atom stereocenters. The van der Waals surface area contributed by atoms with Crippen LogP contribution in [0, 0.1) is 5.92 Å². The Morgan fingerprint density at radius 1 is 1.07 bits per heavy atom. The Labute approximate surface area is 158 Å². The predicted molar refractivity (Wildman–Crippen MR) is 99.7 cm³/mol. The van der Waals surface area contributed by atoms with Crippen LogP contribution in [0.1, 0.15) is 29.5 Å². The van der Waals surface area contributed by atoms with Crippen LogP contribution in [0.15, 0.2) is 54.6 Å². The second-order valence-electron chi connectivity index (χ2n) is 7.49. The lowest BCUT2D eigenvalue weighted by Crippen LogP contribution is -2.53. The zero-order valence-electron chi connectivity index (χ0n) is 15.2. The van der Waals surface area contributed by atoms with E-state index in [1.54, 1.807) is 48.5 Å². The van der Waals surface area contributed by atoms with Gasteiger partial charge in [-0.05, 0) is 48.5 Å². The van der Waals surface area contributed by atoms with Gasteiger partial charge >= 0.3 is 5.97 Å². The van der Waals surface area contributed by atoms with Crippen LogP contribution in [0.3, 0.4) is 0 Å². The number of ether oxygens (including phenoxy) is 1. The summed E-state index contributed by atoms with van der Waals surface area (Å²) in [6.07, 6.45) is 1.85. The Balaban J connectivity index is 1.66. The highest BCUT2D eigenvalue weighted by Crippen LogP contribution is 2.35. The van der Waals surface area contributed by atoms with E-state index in [1.165, 1.54) is 0 Å². The van der Waals surface area contributed by atoms with Crippen molar-refractivity contribution in [2.45, 2.75) is 31.2 Å². The molecule has 0 saturated carbocycles. The Morgan fingerprint density at radius 2 is 1.70 bits per heavy atom. The van der Waals surface area contributed by atoms with E-state index in [1.807, 2.05) is 6.07 Å². The molecule has 1 N–H and O–H groups in total. The Hall–Kier alpha value is -2.24. The molecule has 2 aromatic carbocycles. The van der Waals surface area contributed by atoms with Crippen LogP contribution in [-0.2, 0) is 21.8 Å². The largest absolute Gasteiger partial charge is 0.458 e. The standard InChI is InChI=1S/C22H24FNO3/c23-14-16-6-8-19(9-7-16)22(26,18-4-2-1-3-5-18)21(25)27-20-15-24-12-10-17(20)11-13-24/h1-9,17,20,26H,10-15H2/t20-,22+/m0/s1. The zero-order chi connectivity index (χ0) is 18.9. The van der Waals surface area contributed by atoms with Gasteiger partial charge in [-0.25, -0.2) is 9.18 Å². The highest BCUT2D eigenvalue weighted by atomic mass is 19.1. The van der Waals surface area contributed by atoms with E-state index in [0.29, 0.717) is 22.6 Å². The van der Waals surface area contributed by atoms with Gasteiger partial charge in [0.05, 0.1) is 0 Å². The molecule has 3 saturated heterocycles. The number of hydrogen-bond acceptors (Lipinski definition) is 4. The summed E-state index contributed by atoms with van der Waals surface area (Å²) in [5.74, 6) is -0.312. The smallest absolute Gasteiger partial charge is 0.348 e. The number of benzene rings is 2. The molecular formula is C22H24FNO3. The van der Waals surface area contributed by atoms with Crippen molar-refractivity contribution in [1.29, 1.82) is 0 Å². The number of carbonyl (C=O) groups is 1. The Morgan fingerprint density at radius 3 is 2.26 bits per heavy atom. The van der Waals surface area contributed by atoms with Crippen LogP contribution >= 0.6 is 0 Å². The highest BCUT2D eigenvalue weighted by molar-refractivity contribution is 5.85. The molecule has 2 bridgehead atoms. The number of nitrogens with zero attached hydrogens (tertiary/aromatic N) is 1. The molecule has 5 heteroatoms. The maximum Gasteiger partial charge on any atom is 0.348 e. The van der Waals surface area contributed by atoms with E-state index >= 15 is 0 Å². The molecule has 27 heavy (non-hydrogen) atoms. The molecule has 3 fully saturated rings. The van der Waals surface area contributed by atoms with Gasteiger partial charge in [0.15, 0.2) is 0 Å². The first-order valence-corrected chi connectivity index (χ1v) is 9.48. The molecule has 2 aromatic rings. The van der Waals surface area contributed by atoms with Crippen LogP contribution in [0.4, 0.5) is 4.39 Å². The van der Waals surface area contributed by atoms with Crippen LogP contribution < -0.4 is 0 Å². The molecule has 3 aliphatic rings. The van der Waals surface area contributed by atoms with E-state index in [4.69, 9.17) is 4.74 Å². The summed E-state index contributed by atoms with van der Waals surface area (Å²) in [4.78, 5) is 15.5. The van der Waals surface area contributed by atoms with Crippen LogP contribution in [-0.4, -0.2) is 41.7 Å². The second-order valence-corrected chi connectivity index (χ2v) is 7.49. The first-order valence-electron chi connectivity index (χ1n) is 9.48. The first kappa shape index (κ1) is 18.1. The number of fused-ring (bicyclic) bond motifs is 3. The summed E-state index contributed by atoms with van der Waals surface area (Å²) in [6, 6.07) is 15.2. The third kappa shape index (κ3) is 3.37. The number of piperidine rings is 3. The molecule has 2 atom stereocenters. The van der Waals surface area contributed by atoms with Crippen molar-refractivity contribution in [3.63, 3.8) is 0 Å². The van der Waals surface area contributed by atoms with Gasteiger partial charge < -0.3 is 9.84 Å². The third-order valence-corrected chi connectivity index (χ3v) is 5.87. The van der Waals surface area contributed by atoms with Gasteiger partial charge in [0.1, 0.15) is 12.8 Å². The van der Waals surface area contributed by atoms with Crippen molar-refractivity contribution in [2.75, 3.05) is 19.6 Å². The molecular weight excluding hydrogens is 345 g/mol. The molecule has 3 heterocycles. The monoisotopic (exact) mass is 369 g/mol. The van der Waals surface area contributed by atoms with Gasteiger partial charge in [0, 0.05) is 6.54 Å². The molecule has 0 aromatic heterocycles. The maximum atomic E-state index is 13.2. The summed E-state index contributed by atoms with van der Waals surface area (Å²) >= 11 is 0. The lowest BCUT2D eigenvalue weighted by atomic mass is 9.84. The number of rotatable bonds is 5. The normalized spacial score (nSPS) is 26.4. The third-order valence-electron chi connectivity index (χ3n) is 5.87. The number of halogens is 1. The average Bonchev–Trinajstić information content (AvgIpc) is 2.74. The van der Waals surface area contributed by atoms with Gasteiger partial charge in [0.2, 0.25) is 5.60 Å². The number of esters is 1. The highest BCUT2D eigenvalue weighted by Gasteiger charge is 2.45. The average molecular weight is 369 g/mol. The number of alkyl halides is 1. The maximum absolute atomic E-state index is 13.2. The minimum absolute atomic E-state index is 0.194. The molecule has 0 radical (unpaired) electrons. The summed E-state index contributed by atoms with van der Waals surface area (Å²) in [5.41, 5.74) is -0.580. The topological polar surface area (TPSA) is 49.8 Å². The summed E-state index contributed by atoms with van der Waals surface area (Å²) < 4.78 is 18.7. The van der Waals surface area contributed by atoms with E-state index in [2.05, 4.69) is 4.90 Å². The molecule has 142 valence electrons. The van der Waals surface area contributed by atoms with Gasteiger partial charge in [0.25, 0.3) is 0 Å². The predicted octanol–water partition coefficient (Wildman–Crippen LogP) is 3.03. The summed E-state index contributed by atoms with van der Waals surface area (Å²) in [6.45, 7) is 2.23. The molecule has 0 amide bonds. The Bertz CT molecular complexity index is 787. The van der Waals surface area contributed by atoms with Crippen molar-refractivity contribution in [2.24, 2.45) is 5.92 Å². The van der Waals surface area contributed by atoms with Crippen molar-refractivity contribution >= 4 is 5.97 Å². The van der Waals surface area contributed by atoms with Crippen molar-refractivity contribution < 1.29 is 19.0 Å². The number of carbonyl (C=O) groups excluding carboxylic acids is 1. The Kier molecular flexibility index (Phi) is 4.98. The van der Waals surface area contributed by atoms with Crippen molar-refractivity contribution in [1.82, 2.24) is 4.90 Å². The molecule has 0 aliphatic carbocycles. The van der Waals surface area contributed by atoms with Gasteiger partial charge in [-0.15, -0.1) is 0 Å². The van der Waals surface area contributed by atoms with Crippen molar-refractivity contribution in [3.05, 3.63) is 71.3 Å². The number of hydrogen-bond donors (Lipinski definition) is 1. The lowest BCUT2D eigenvalue weighted by Gasteiger charge is -2.44. The van der Waals surface area contributed by atoms with E-state index in [0.717, 1.165) is 32.5 Å². The molecule has 4 nitrogen and oxygen atoms in total. The fraction of sp³-hybridized carbons (Fsp3) is 0.409. The van der Waals surface area contributed by atoms with E-state index in [-0.39, 0.29) is 6.10 Å².